The van der Waals surface area contributed by atoms with Crippen LogP contribution in [0.3, 0.4) is 0 Å². The van der Waals surface area contributed by atoms with Crippen LogP contribution < -0.4 is 10.6 Å². The Hall–Kier alpha value is -1.62. The van der Waals surface area contributed by atoms with Crippen LogP contribution in [0.25, 0.3) is 0 Å². The molecule has 5 nitrogen and oxygen atoms in total. The monoisotopic (exact) mass is 234 g/mol. The van der Waals surface area contributed by atoms with Gasteiger partial charge in [0.1, 0.15) is 0 Å². The zero-order chi connectivity index (χ0) is 12.1. The lowest BCUT2D eigenvalue weighted by atomic mass is 10.2. The molecule has 17 heavy (non-hydrogen) atoms. The van der Waals surface area contributed by atoms with Crippen LogP contribution in [0, 0.1) is 6.92 Å². The summed E-state index contributed by atoms with van der Waals surface area (Å²) in [7, 11) is 0. The number of anilines is 1. The maximum absolute atomic E-state index is 11.9. The highest BCUT2D eigenvalue weighted by atomic mass is 16.2. The zero-order valence-electron chi connectivity index (χ0n) is 10.1. The Morgan fingerprint density at radius 1 is 1.53 bits per heavy atom. The molecule has 1 fully saturated rings. The number of carbonyl (C=O) groups excluding carboxylic acids is 1. The van der Waals surface area contributed by atoms with Crippen LogP contribution in [0.4, 0.5) is 5.69 Å². The lowest BCUT2D eigenvalue weighted by Gasteiger charge is -2.27. The molecular formula is C12H18N4O. The molecule has 0 unspecified atom stereocenters. The Morgan fingerprint density at radius 3 is 3.00 bits per heavy atom. The minimum Gasteiger partial charge on any atom is -0.376 e. The van der Waals surface area contributed by atoms with Crippen molar-refractivity contribution in [2.75, 3.05) is 38.0 Å². The average Bonchev–Trinajstić information content (AvgIpc) is 2.38. The fraction of sp³-hybridized carbons (Fsp3) is 0.500. The summed E-state index contributed by atoms with van der Waals surface area (Å²) in [6.07, 6.45) is 3.52. The summed E-state index contributed by atoms with van der Waals surface area (Å²) in [6, 6.07) is 1.89. The van der Waals surface area contributed by atoms with Crippen molar-refractivity contribution < 1.29 is 4.79 Å². The fourth-order valence-electron chi connectivity index (χ4n) is 1.87. The second-order valence-electron chi connectivity index (χ2n) is 4.17. The van der Waals surface area contributed by atoms with Gasteiger partial charge < -0.3 is 15.5 Å². The van der Waals surface area contributed by atoms with Gasteiger partial charge in [0.25, 0.3) is 0 Å². The molecule has 0 aromatic carbocycles. The van der Waals surface area contributed by atoms with E-state index in [1.54, 1.807) is 12.4 Å². The molecule has 0 radical (unpaired) electrons. The molecule has 1 amide bonds. The van der Waals surface area contributed by atoms with E-state index in [0.29, 0.717) is 6.54 Å². The standard InChI is InChI=1S/C12H18N4O/c1-10-8-14-3-2-11(10)15-9-12(17)16-6-4-13-5-7-16/h2-3,8,13H,4-7,9H2,1H3,(H,14,15). The van der Waals surface area contributed by atoms with Crippen molar-refractivity contribution in [2.45, 2.75) is 6.92 Å². The van der Waals surface area contributed by atoms with Crippen LogP contribution >= 0.6 is 0 Å². The molecule has 2 rings (SSSR count). The first-order valence-corrected chi connectivity index (χ1v) is 5.90. The highest BCUT2D eigenvalue weighted by Gasteiger charge is 2.15. The molecule has 1 aliphatic rings. The Bertz CT molecular complexity index is 388. The molecule has 0 aliphatic carbocycles. The van der Waals surface area contributed by atoms with Crippen LogP contribution in [0.5, 0.6) is 0 Å². The number of rotatable bonds is 3. The molecule has 0 saturated carbocycles. The number of amides is 1. The van der Waals surface area contributed by atoms with Crippen molar-refractivity contribution >= 4 is 11.6 Å². The normalized spacial score (nSPS) is 15.7. The molecule has 1 aromatic rings. The molecule has 2 N–H and O–H groups in total. The van der Waals surface area contributed by atoms with E-state index in [1.807, 2.05) is 17.9 Å². The number of aromatic nitrogens is 1. The first kappa shape index (κ1) is 11.9. The number of nitrogens with one attached hydrogen (secondary N) is 2. The topological polar surface area (TPSA) is 57.3 Å². The number of aryl methyl sites for hydroxylation is 1. The molecular weight excluding hydrogens is 216 g/mol. The highest BCUT2D eigenvalue weighted by Crippen LogP contribution is 2.11. The van der Waals surface area contributed by atoms with E-state index in [-0.39, 0.29) is 5.91 Å². The van der Waals surface area contributed by atoms with Crippen molar-refractivity contribution in [1.29, 1.82) is 0 Å². The number of hydrogen-bond acceptors (Lipinski definition) is 4. The van der Waals surface area contributed by atoms with Crippen molar-refractivity contribution in [3.63, 3.8) is 0 Å². The molecule has 0 bridgehead atoms. The molecule has 1 aliphatic heterocycles. The Labute approximate surface area is 101 Å². The van der Waals surface area contributed by atoms with Crippen molar-refractivity contribution in [3.05, 3.63) is 24.0 Å². The van der Waals surface area contributed by atoms with E-state index in [4.69, 9.17) is 0 Å². The quantitative estimate of drug-likeness (QED) is 0.786. The smallest absolute Gasteiger partial charge is 0.241 e. The van der Waals surface area contributed by atoms with Crippen molar-refractivity contribution in [2.24, 2.45) is 0 Å². The highest BCUT2D eigenvalue weighted by molar-refractivity contribution is 5.81. The Balaban J connectivity index is 1.85. The Morgan fingerprint density at radius 2 is 2.29 bits per heavy atom. The van der Waals surface area contributed by atoms with Crippen LogP contribution in [-0.2, 0) is 4.79 Å². The lowest BCUT2D eigenvalue weighted by Crippen LogP contribution is -2.48. The van der Waals surface area contributed by atoms with Gasteiger partial charge in [0.05, 0.1) is 6.54 Å². The minimum absolute atomic E-state index is 0.155. The predicted molar refractivity (Wildman–Crippen MR) is 66.9 cm³/mol. The first-order valence-electron chi connectivity index (χ1n) is 5.90. The lowest BCUT2D eigenvalue weighted by molar-refractivity contribution is -0.129. The summed E-state index contributed by atoms with van der Waals surface area (Å²) in [5.41, 5.74) is 2.03. The van der Waals surface area contributed by atoms with Crippen LogP contribution in [0.1, 0.15) is 5.56 Å². The van der Waals surface area contributed by atoms with Gasteiger partial charge in [-0.15, -0.1) is 0 Å². The van der Waals surface area contributed by atoms with Crippen LogP contribution in [-0.4, -0.2) is 48.5 Å². The third kappa shape index (κ3) is 3.17. The maximum Gasteiger partial charge on any atom is 0.241 e. The molecule has 0 spiro atoms. The Kier molecular flexibility index (Phi) is 3.93. The van der Waals surface area contributed by atoms with Crippen LogP contribution in [0.15, 0.2) is 18.5 Å². The molecule has 1 saturated heterocycles. The second-order valence-corrected chi connectivity index (χ2v) is 4.17. The maximum atomic E-state index is 11.9. The van der Waals surface area contributed by atoms with E-state index in [2.05, 4.69) is 15.6 Å². The molecule has 1 aromatic heterocycles. The van der Waals surface area contributed by atoms with Gasteiger partial charge >= 0.3 is 0 Å². The van der Waals surface area contributed by atoms with E-state index >= 15 is 0 Å². The second kappa shape index (κ2) is 5.63. The van der Waals surface area contributed by atoms with Crippen LogP contribution in [0.2, 0.25) is 0 Å². The van der Waals surface area contributed by atoms with Gasteiger partial charge in [0.2, 0.25) is 5.91 Å². The van der Waals surface area contributed by atoms with Gasteiger partial charge in [0.15, 0.2) is 0 Å². The van der Waals surface area contributed by atoms with E-state index in [9.17, 15) is 4.79 Å². The number of carbonyl (C=O) groups is 1. The van der Waals surface area contributed by atoms with Gasteiger partial charge in [-0.3, -0.25) is 9.78 Å². The number of pyridine rings is 1. The zero-order valence-corrected chi connectivity index (χ0v) is 10.1. The third-order valence-corrected chi connectivity index (χ3v) is 2.92. The molecule has 5 heteroatoms. The van der Waals surface area contributed by atoms with Gasteiger partial charge in [-0.1, -0.05) is 0 Å². The molecule has 0 atom stereocenters. The van der Waals surface area contributed by atoms with Gasteiger partial charge in [-0.25, -0.2) is 0 Å². The minimum atomic E-state index is 0.155. The first-order chi connectivity index (χ1) is 8.27. The van der Waals surface area contributed by atoms with Gasteiger partial charge in [-0.2, -0.15) is 0 Å². The summed E-state index contributed by atoms with van der Waals surface area (Å²) in [4.78, 5) is 17.8. The summed E-state index contributed by atoms with van der Waals surface area (Å²) in [6.45, 7) is 5.71. The fourth-order valence-corrected chi connectivity index (χ4v) is 1.87. The summed E-state index contributed by atoms with van der Waals surface area (Å²) in [5, 5.41) is 6.39. The van der Waals surface area contributed by atoms with E-state index < -0.39 is 0 Å². The summed E-state index contributed by atoms with van der Waals surface area (Å²) in [5.74, 6) is 0.155. The van der Waals surface area contributed by atoms with E-state index in [1.165, 1.54) is 0 Å². The predicted octanol–water partition coefficient (Wildman–Crippen LogP) is 0.234. The van der Waals surface area contributed by atoms with Crippen molar-refractivity contribution in [1.82, 2.24) is 15.2 Å². The average molecular weight is 234 g/mol. The SMILES string of the molecule is Cc1cnccc1NCC(=O)N1CCNCC1. The number of piperazine rings is 1. The molecule has 2 heterocycles. The summed E-state index contributed by atoms with van der Waals surface area (Å²) < 4.78 is 0. The van der Waals surface area contributed by atoms with Gasteiger partial charge in [0, 0.05) is 44.3 Å². The number of hydrogen-bond donors (Lipinski definition) is 2. The number of nitrogens with zero attached hydrogens (tertiary/aromatic N) is 2. The summed E-state index contributed by atoms with van der Waals surface area (Å²) >= 11 is 0. The van der Waals surface area contributed by atoms with E-state index in [0.717, 1.165) is 37.4 Å². The molecule has 92 valence electrons. The third-order valence-electron chi connectivity index (χ3n) is 2.92. The largest absolute Gasteiger partial charge is 0.376 e. The van der Waals surface area contributed by atoms with Crippen molar-refractivity contribution in [3.8, 4) is 0 Å². The van der Waals surface area contributed by atoms with Gasteiger partial charge in [-0.05, 0) is 18.6 Å².